The summed E-state index contributed by atoms with van der Waals surface area (Å²) in [5.41, 5.74) is 0.193. The zero-order valence-corrected chi connectivity index (χ0v) is 12.2. The van der Waals surface area contributed by atoms with Crippen LogP contribution in [0.1, 0.15) is 41.0 Å². The summed E-state index contributed by atoms with van der Waals surface area (Å²) in [5, 5.41) is 0. The minimum atomic E-state index is 0.193. The monoisotopic (exact) mass is 245 g/mol. The van der Waals surface area contributed by atoms with E-state index in [9.17, 15) is 0 Å². The van der Waals surface area contributed by atoms with E-state index in [0.29, 0.717) is 0 Å². The van der Waals surface area contributed by atoms with Gasteiger partial charge in [0.15, 0.2) is 0 Å². The van der Waals surface area contributed by atoms with Gasteiger partial charge in [-0.3, -0.25) is 4.90 Å². The molecule has 1 heterocycles. The van der Waals surface area contributed by atoms with Crippen molar-refractivity contribution in [1.29, 1.82) is 0 Å². The first kappa shape index (κ1) is 14.3. The van der Waals surface area contributed by atoms with Gasteiger partial charge in [-0.25, -0.2) is 9.03 Å². The maximum absolute atomic E-state index is 3.47. The van der Waals surface area contributed by atoms with Crippen molar-refractivity contribution in [2.75, 3.05) is 26.2 Å². The molecule has 1 saturated heterocycles. The molecule has 0 bridgehead atoms. The molecule has 1 rings (SSSR count). The molecule has 96 valence electrons. The summed E-state index contributed by atoms with van der Waals surface area (Å²) in [4.78, 5) is 2.59. The molecule has 0 aromatic rings. The van der Waals surface area contributed by atoms with E-state index in [-0.39, 0.29) is 5.54 Å². The molecule has 1 aliphatic heterocycles. The zero-order valence-electron chi connectivity index (χ0n) is 11.4. The summed E-state index contributed by atoms with van der Waals surface area (Å²) in [6.07, 6.45) is 1.26. The molecule has 1 fully saturated rings. The zero-order chi connectivity index (χ0) is 12.2. The second-order valence-corrected chi connectivity index (χ2v) is 6.57. The van der Waals surface area contributed by atoms with Crippen molar-refractivity contribution in [2.45, 2.75) is 52.6 Å². The molecular weight excluding hydrogens is 218 g/mol. The van der Waals surface area contributed by atoms with Crippen molar-refractivity contribution in [3.8, 4) is 0 Å². The normalized spacial score (nSPS) is 22.3. The molecule has 1 aliphatic rings. The van der Waals surface area contributed by atoms with Gasteiger partial charge in [0, 0.05) is 49.9 Å². The average Bonchev–Trinajstić information content (AvgIpc) is 2.25. The fourth-order valence-corrected chi connectivity index (χ4v) is 2.44. The Balaban J connectivity index is 2.22. The van der Waals surface area contributed by atoms with Gasteiger partial charge in [0.05, 0.1) is 0 Å². The lowest BCUT2D eigenvalue weighted by atomic mass is 10.1. The molecule has 0 aromatic heterocycles. The predicted molar refractivity (Wildman–Crippen MR) is 73.4 cm³/mol. The fourth-order valence-electron chi connectivity index (χ4n) is 1.70. The van der Waals surface area contributed by atoms with Gasteiger partial charge >= 0.3 is 0 Å². The second-order valence-electron chi connectivity index (χ2n) is 5.67. The molecule has 4 heteroatoms. The lowest BCUT2D eigenvalue weighted by molar-refractivity contribution is 0.147. The highest BCUT2D eigenvalue weighted by Gasteiger charge is 2.21. The van der Waals surface area contributed by atoms with Crippen LogP contribution in [0.5, 0.6) is 0 Å². The van der Waals surface area contributed by atoms with E-state index < -0.39 is 0 Å². The van der Waals surface area contributed by atoms with Gasteiger partial charge in [-0.15, -0.1) is 0 Å². The van der Waals surface area contributed by atoms with Crippen LogP contribution in [0.2, 0.25) is 0 Å². The van der Waals surface area contributed by atoms with Crippen molar-refractivity contribution in [1.82, 2.24) is 13.9 Å². The molecule has 3 nitrogen and oxygen atoms in total. The Bertz CT molecular complexity index is 195. The van der Waals surface area contributed by atoms with Crippen LogP contribution < -0.4 is 4.72 Å². The molecule has 0 amide bonds. The van der Waals surface area contributed by atoms with Gasteiger partial charge in [-0.05, 0) is 34.1 Å². The third-order valence-corrected chi connectivity index (χ3v) is 4.30. The molecule has 0 radical (unpaired) electrons. The van der Waals surface area contributed by atoms with E-state index in [1.807, 2.05) is 0 Å². The molecule has 0 spiro atoms. The predicted octanol–water partition coefficient (Wildman–Crippen LogP) is 2.35. The lowest BCUT2D eigenvalue weighted by Gasteiger charge is -2.37. The van der Waals surface area contributed by atoms with Crippen molar-refractivity contribution in [2.24, 2.45) is 0 Å². The Morgan fingerprint density at radius 2 is 1.75 bits per heavy atom. The summed E-state index contributed by atoms with van der Waals surface area (Å²) in [6, 6.07) is 0.739. The van der Waals surface area contributed by atoms with E-state index in [1.54, 1.807) is 12.1 Å². The molecule has 1 N–H and O–H groups in total. The van der Waals surface area contributed by atoms with Crippen LogP contribution in [0.25, 0.3) is 0 Å². The Morgan fingerprint density at radius 3 is 2.19 bits per heavy atom. The van der Waals surface area contributed by atoms with E-state index in [0.717, 1.165) is 19.1 Å². The highest BCUT2D eigenvalue weighted by atomic mass is 32.2. The fraction of sp³-hybridized carbons (Fsp3) is 1.00. The molecule has 0 aliphatic carbocycles. The van der Waals surface area contributed by atoms with Gasteiger partial charge in [0.25, 0.3) is 0 Å². The smallest absolute Gasteiger partial charge is 0.0230 e. The van der Waals surface area contributed by atoms with Crippen LogP contribution >= 0.6 is 12.1 Å². The highest BCUT2D eigenvalue weighted by Crippen LogP contribution is 2.16. The molecule has 1 unspecified atom stereocenters. The van der Waals surface area contributed by atoms with Crippen LogP contribution in [0.4, 0.5) is 0 Å². The highest BCUT2D eigenvalue weighted by molar-refractivity contribution is 7.95. The van der Waals surface area contributed by atoms with Gasteiger partial charge in [0.1, 0.15) is 0 Å². The molecule has 0 aromatic carbocycles. The van der Waals surface area contributed by atoms with Crippen molar-refractivity contribution >= 4 is 12.1 Å². The maximum atomic E-state index is 3.47. The van der Waals surface area contributed by atoms with Crippen molar-refractivity contribution in [3.63, 3.8) is 0 Å². The summed E-state index contributed by atoms with van der Waals surface area (Å²) in [6.45, 7) is 15.9. The topological polar surface area (TPSA) is 18.5 Å². The summed E-state index contributed by atoms with van der Waals surface area (Å²) < 4.78 is 5.91. The summed E-state index contributed by atoms with van der Waals surface area (Å²) in [7, 11) is 0. The first-order valence-electron chi connectivity index (χ1n) is 6.35. The minimum absolute atomic E-state index is 0.193. The minimum Gasteiger partial charge on any atom is -0.298 e. The van der Waals surface area contributed by atoms with Gasteiger partial charge in [0.2, 0.25) is 0 Å². The van der Waals surface area contributed by atoms with Crippen molar-refractivity contribution in [3.05, 3.63) is 0 Å². The summed E-state index contributed by atoms with van der Waals surface area (Å²) in [5.74, 6) is 0. The number of nitrogens with zero attached hydrogens (tertiary/aromatic N) is 2. The molecular formula is C12H27N3S. The van der Waals surface area contributed by atoms with E-state index in [1.165, 1.54) is 19.5 Å². The third kappa shape index (κ3) is 5.04. The Labute approximate surface area is 105 Å². The van der Waals surface area contributed by atoms with Crippen LogP contribution in [-0.4, -0.2) is 47.0 Å². The van der Waals surface area contributed by atoms with Gasteiger partial charge in [-0.1, -0.05) is 6.92 Å². The number of nitrogens with one attached hydrogen (secondary N) is 1. The van der Waals surface area contributed by atoms with Gasteiger partial charge < -0.3 is 0 Å². The largest absolute Gasteiger partial charge is 0.298 e. The Hall–Kier alpha value is 0.230. The Kier molecular flexibility index (Phi) is 5.57. The first-order chi connectivity index (χ1) is 7.42. The summed E-state index contributed by atoms with van der Waals surface area (Å²) >= 11 is 1.78. The Morgan fingerprint density at radius 1 is 1.19 bits per heavy atom. The maximum Gasteiger partial charge on any atom is 0.0230 e. The number of rotatable bonds is 4. The average molecular weight is 245 g/mol. The quantitative estimate of drug-likeness (QED) is 0.766. The molecule has 16 heavy (non-hydrogen) atoms. The van der Waals surface area contributed by atoms with Crippen LogP contribution in [0, 0.1) is 0 Å². The first-order valence-corrected chi connectivity index (χ1v) is 7.13. The van der Waals surface area contributed by atoms with Crippen LogP contribution in [0.15, 0.2) is 0 Å². The standard InChI is InChI=1S/C12H27N3S/c1-6-11(2)14-7-9-15(10-8-14)16-13-12(3,4)5/h11,13H,6-10H2,1-5H3. The van der Waals surface area contributed by atoms with E-state index in [4.69, 9.17) is 0 Å². The van der Waals surface area contributed by atoms with E-state index in [2.05, 4.69) is 48.5 Å². The van der Waals surface area contributed by atoms with Gasteiger partial charge in [-0.2, -0.15) is 0 Å². The number of hydrogen-bond acceptors (Lipinski definition) is 4. The number of piperazine rings is 1. The molecule has 1 atom stereocenters. The van der Waals surface area contributed by atoms with Crippen molar-refractivity contribution < 1.29 is 0 Å². The molecule has 0 saturated carbocycles. The van der Waals surface area contributed by atoms with E-state index >= 15 is 0 Å². The third-order valence-electron chi connectivity index (χ3n) is 2.97. The second kappa shape index (κ2) is 6.24. The number of hydrogen-bond donors (Lipinski definition) is 1. The van der Waals surface area contributed by atoms with Crippen LogP contribution in [-0.2, 0) is 0 Å². The SMILES string of the molecule is CCC(C)N1CCN(SNC(C)(C)C)CC1. The van der Waals surface area contributed by atoms with Crippen LogP contribution in [0.3, 0.4) is 0 Å². The lowest BCUT2D eigenvalue weighted by Crippen LogP contribution is -2.48.